The van der Waals surface area contributed by atoms with E-state index in [0.717, 1.165) is 19.5 Å². The first-order valence-electron chi connectivity index (χ1n) is 8.14. The van der Waals surface area contributed by atoms with Gasteiger partial charge in [-0.25, -0.2) is 0 Å². The Morgan fingerprint density at radius 3 is 2.85 bits per heavy atom. The summed E-state index contributed by atoms with van der Waals surface area (Å²) in [6, 6.07) is 7.54. The van der Waals surface area contributed by atoms with Crippen LogP contribution in [0.2, 0.25) is 0 Å². The fraction of sp³-hybridized carbons (Fsp3) is 0.706. The van der Waals surface area contributed by atoms with E-state index in [4.69, 9.17) is 0 Å². The molecule has 1 saturated carbocycles. The van der Waals surface area contributed by atoms with Crippen molar-refractivity contribution in [1.82, 2.24) is 15.2 Å². The summed E-state index contributed by atoms with van der Waals surface area (Å²) < 4.78 is 0. The van der Waals surface area contributed by atoms with Crippen LogP contribution in [0.1, 0.15) is 44.7 Å². The Morgan fingerprint density at radius 1 is 1.25 bits per heavy atom. The Balaban J connectivity index is 1.89. The lowest BCUT2D eigenvalue weighted by atomic mass is 10.0. The van der Waals surface area contributed by atoms with Gasteiger partial charge in [0, 0.05) is 36.9 Å². The lowest BCUT2D eigenvalue weighted by molar-refractivity contribution is 0.184. The standard InChI is InChI=1S/C17H29N3/c1-3-18-16-10-5-4-6-11-17(16)20(2)14-12-15-9-7-8-13-19-15/h7-9,13,16-18H,3-6,10-12,14H2,1-2H3. The van der Waals surface area contributed by atoms with Gasteiger partial charge < -0.3 is 10.2 Å². The van der Waals surface area contributed by atoms with Gasteiger partial charge in [-0.3, -0.25) is 4.98 Å². The molecule has 1 heterocycles. The van der Waals surface area contributed by atoms with Crippen molar-refractivity contribution >= 4 is 0 Å². The van der Waals surface area contributed by atoms with Gasteiger partial charge >= 0.3 is 0 Å². The molecule has 1 aliphatic carbocycles. The maximum Gasteiger partial charge on any atom is 0.0416 e. The molecule has 112 valence electrons. The molecule has 0 amide bonds. The predicted molar refractivity (Wildman–Crippen MR) is 84.9 cm³/mol. The van der Waals surface area contributed by atoms with Gasteiger partial charge in [0.25, 0.3) is 0 Å². The summed E-state index contributed by atoms with van der Waals surface area (Å²) in [5.41, 5.74) is 1.20. The molecule has 0 aliphatic heterocycles. The van der Waals surface area contributed by atoms with E-state index in [9.17, 15) is 0 Å². The molecule has 2 rings (SSSR count). The summed E-state index contributed by atoms with van der Waals surface area (Å²) in [5, 5.41) is 3.70. The minimum atomic E-state index is 0.663. The number of rotatable bonds is 6. The molecule has 3 nitrogen and oxygen atoms in total. The Hall–Kier alpha value is -0.930. The topological polar surface area (TPSA) is 28.2 Å². The van der Waals surface area contributed by atoms with Crippen molar-refractivity contribution in [1.29, 1.82) is 0 Å². The van der Waals surface area contributed by atoms with E-state index in [1.165, 1.54) is 37.8 Å². The van der Waals surface area contributed by atoms with E-state index < -0.39 is 0 Å². The van der Waals surface area contributed by atoms with Crippen LogP contribution in [0, 0.1) is 0 Å². The van der Waals surface area contributed by atoms with E-state index in [1.54, 1.807) is 0 Å². The second-order valence-corrected chi connectivity index (χ2v) is 5.92. The second kappa shape index (κ2) is 8.38. The monoisotopic (exact) mass is 275 g/mol. The molecule has 1 fully saturated rings. The van der Waals surface area contributed by atoms with Crippen LogP contribution in [0.3, 0.4) is 0 Å². The highest BCUT2D eigenvalue weighted by molar-refractivity contribution is 5.04. The second-order valence-electron chi connectivity index (χ2n) is 5.92. The van der Waals surface area contributed by atoms with Crippen LogP contribution in [0.25, 0.3) is 0 Å². The Morgan fingerprint density at radius 2 is 2.10 bits per heavy atom. The number of hydrogen-bond acceptors (Lipinski definition) is 3. The number of pyridine rings is 1. The van der Waals surface area contributed by atoms with Crippen LogP contribution < -0.4 is 5.32 Å². The molecule has 1 aromatic heterocycles. The number of aromatic nitrogens is 1. The zero-order valence-electron chi connectivity index (χ0n) is 13.0. The summed E-state index contributed by atoms with van der Waals surface area (Å²) in [6.07, 6.45) is 9.74. The summed E-state index contributed by atoms with van der Waals surface area (Å²) >= 11 is 0. The van der Waals surface area contributed by atoms with E-state index in [0.29, 0.717) is 12.1 Å². The van der Waals surface area contributed by atoms with Crippen LogP contribution in [0.5, 0.6) is 0 Å². The zero-order valence-corrected chi connectivity index (χ0v) is 13.0. The molecule has 0 saturated heterocycles. The van der Waals surface area contributed by atoms with Crippen molar-refractivity contribution in [2.75, 3.05) is 20.1 Å². The largest absolute Gasteiger partial charge is 0.313 e. The third-order valence-electron chi connectivity index (χ3n) is 4.46. The highest BCUT2D eigenvalue weighted by Gasteiger charge is 2.25. The first-order valence-corrected chi connectivity index (χ1v) is 8.14. The van der Waals surface area contributed by atoms with Gasteiger partial charge in [0.05, 0.1) is 0 Å². The highest BCUT2D eigenvalue weighted by Crippen LogP contribution is 2.22. The van der Waals surface area contributed by atoms with Gasteiger partial charge in [-0.05, 0) is 38.6 Å². The van der Waals surface area contributed by atoms with Crippen LogP contribution in [-0.2, 0) is 6.42 Å². The fourth-order valence-corrected chi connectivity index (χ4v) is 3.32. The first-order chi connectivity index (χ1) is 9.81. The Kier molecular flexibility index (Phi) is 6.48. The molecule has 0 spiro atoms. The van der Waals surface area contributed by atoms with Crippen LogP contribution >= 0.6 is 0 Å². The van der Waals surface area contributed by atoms with Crippen molar-refractivity contribution in [2.24, 2.45) is 0 Å². The highest BCUT2D eigenvalue weighted by atomic mass is 15.2. The molecule has 20 heavy (non-hydrogen) atoms. The average Bonchev–Trinajstić information content (AvgIpc) is 2.72. The zero-order chi connectivity index (χ0) is 14.2. The SMILES string of the molecule is CCNC1CCCCCC1N(C)CCc1ccccn1. The normalized spacial score (nSPS) is 23.8. The van der Waals surface area contributed by atoms with Crippen molar-refractivity contribution in [3.05, 3.63) is 30.1 Å². The van der Waals surface area contributed by atoms with Crippen molar-refractivity contribution < 1.29 is 0 Å². The molecule has 1 aromatic rings. The van der Waals surface area contributed by atoms with Gasteiger partial charge in [0.15, 0.2) is 0 Å². The maximum absolute atomic E-state index is 4.43. The average molecular weight is 275 g/mol. The summed E-state index contributed by atoms with van der Waals surface area (Å²) in [6.45, 7) is 4.40. The number of nitrogens with one attached hydrogen (secondary N) is 1. The van der Waals surface area contributed by atoms with E-state index >= 15 is 0 Å². The molecular weight excluding hydrogens is 246 g/mol. The van der Waals surface area contributed by atoms with E-state index in [1.807, 2.05) is 12.3 Å². The lowest BCUT2D eigenvalue weighted by Gasteiger charge is -2.34. The third kappa shape index (κ3) is 4.57. The van der Waals surface area contributed by atoms with Crippen LogP contribution in [0.15, 0.2) is 24.4 Å². The fourth-order valence-electron chi connectivity index (χ4n) is 3.32. The molecule has 1 aliphatic rings. The van der Waals surface area contributed by atoms with Gasteiger partial charge in [-0.15, -0.1) is 0 Å². The smallest absolute Gasteiger partial charge is 0.0416 e. The minimum Gasteiger partial charge on any atom is -0.313 e. The molecule has 2 unspecified atom stereocenters. The van der Waals surface area contributed by atoms with Crippen LogP contribution in [0.4, 0.5) is 0 Å². The molecule has 1 N–H and O–H groups in total. The molecule has 0 radical (unpaired) electrons. The molecule has 0 aromatic carbocycles. The molecular formula is C17H29N3. The Labute approximate surface area is 123 Å². The molecule has 0 bridgehead atoms. The van der Waals surface area contributed by atoms with Crippen molar-refractivity contribution in [2.45, 2.75) is 57.5 Å². The summed E-state index contributed by atoms with van der Waals surface area (Å²) in [4.78, 5) is 6.98. The van der Waals surface area contributed by atoms with Gasteiger partial charge in [0.2, 0.25) is 0 Å². The lowest BCUT2D eigenvalue weighted by Crippen LogP contribution is -2.48. The minimum absolute atomic E-state index is 0.663. The predicted octanol–water partition coefficient (Wildman–Crippen LogP) is 2.87. The van der Waals surface area contributed by atoms with E-state index in [-0.39, 0.29) is 0 Å². The van der Waals surface area contributed by atoms with Crippen molar-refractivity contribution in [3.63, 3.8) is 0 Å². The van der Waals surface area contributed by atoms with Gasteiger partial charge in [-0.1, -0.05) is 32.3 Å². The summed E-state index contributed by atoms with van der Waals surface area (Å²) in [7, 11) is 2.28. The number of hydrogen-bond donors (Lipinski definition) is 1. The number of nitrogens with zero attached hydrogens (tertiary/aromatic N) is 2. The van der Waals surface area contributed by atoms with Gasteiger partial charge in [-0.2, -0.15) is 0 Å². The van der Waals surface area contributed by atoms with E-state index in [2.05, 4.69) is 41.3 Å². The summed E-state index contributed by atoms with van der Waals surface area (Å²) in [5.74, 6) is 0. The van der Waals surface area contributed by atoms with Gasteiger partial charge in [0.1, 0.15) is 0 Å². The molecule has 2 atom stereocenters. The van der Waals surface area contributed by atoms with Crippen LogP contribution in [-0.4, -0.2) is 42.1 Å². The van der Waals surface area contributed by atoms with Crippen molar-refractivity contribution in [3.8, 4) is 0 Å². The third-order valence-corrected chi connectivity index (χ3v) is 4.46. The maximum atomic E-state index is 4.43. The Bertz CT molecular complexity index is 366. The first kappa shape index (κ1) is 15.5. The molecule has 3 heteroatoms. The quantitative estimate of drug-likeness (QED) is 0.809. The number of likely N-dealkylation sites (N-methyl/N-ethyl adjacent to an activating group) is 2.